The minimum Gasteiger partial charge on any atom is -0.459 e. The van der Waals surface area contributed by atoms with Crippen LogP contribution in [0.25, 0.3) is 11.1 Å². The highest BCUT2D eigenvalue weighted by molar-refractivity contribution is 7.08. The van der Waals surface area contributed by atoms with Crippen LogP contribution in [-0.4, -0.2) is 18.4 Å². The molecule has 2 aromatic carbocycles. The number of benzene rings is 2. The molecule has 148 valence electrons. The summed E-state index contributed by atoms with van der Waals surface area (Å²) < 4.78 is 5.25. The SMILES string of the molecule is O=C(Nc1ccc2c(c1)N(C(=O)c1ccco1)CC2)c1ccc(-c2ccsc2)cc1. The molecule has 0 radical (unpaired) electrons. The molecular weight excluding hydrogens is 396 g/mol. The van der Waals surface area contributed by atoms with Crippen LogP contribution in [0.3, 0.4) is 0 Å². The van der Waals surface area contributed by atoms with Crippen LogP contribution in [0.1, 0.15) is 26.5 Å². The minimum absolute atomic E-state index is 0.175. The van der Waals surface area contributed by atoms with Gasteiger partial charge < -0.3 is 14.6 Å². The van der Waals surface area contributed by atoms with Gasteiger partial charge in [0, 0.05) is 23.5 Å². The first-order chi connectivity index (χ1) is 14.7. The number of carbonyl (C=O) groups excluding carboxylic acids is 2. The Labute approximate surface area is 177 Å². The normalized spacial score (nSPS) is 12.6. The number of nitrogens with zero attached hydrogens (tertiary/aromatic N) is 1. The summed E-state index contributed by atoms with van der Waals surface area (Å²) in [5, 5.41) is 7.05. The second kappa shape index (κ2) is 7.65. The zero-order valence-electron chi connectivity index (χ0n) is 16.0. The highest BCUT2D eigenvalue weighted by Gasteiger charge is 2.27. The number of furan rings is 1. The van der Waals surface area contributed by atoms with E-state index in [-0.39, 0.29) is 11.8 Å². The molecule has 0 bridgehead atoms. The number of rotatable bonds is 4. The summed E-state index contributed by atoms with van der Waals surface area (Å²) >= 11 is 1.64. The monoisotopic (exact) mass is 414 g/mol. The van der Waals surface area contributed by atoms with Gasteiger partial charge in [0.1, 0.15) is 0 Å². The number of nitrogens with one attached hydrogen (secondary N) is 1. The van der Waals surface area contributed by atoms with Crippen LogP contribution in [0.15, 0.2) is 82.1 Å². The molecule has 0 atom stereocenters. The molecule has 5 rings (SSSR count). The fourth-order valence-electron chi connectivity index (χ4n) is 3.65. The molecule has 0 saturated heterocycles. The summed E-state index contributed by atoms with van der Waals surface area (Å²) in [7, 11) is 0. The van der Waals surface area contributed by atoms with Crippen LogP contribution in [-0.2, 0) is 6.42 Å². The van der Waals surface area contributed by atoms with E-state index in [1.807, 2.05) is 47.8 Å². The lowest BCUT2D eigenvalue weighted by Gasteiger charge is -2.17. The van der Waals surface area contributed by atoms with Gasteiger partial charge in [0.15, 0.2) is 5.76 Å². The van der Waals surface area contributed by atoms with Gasteiger partial charge >= 0.3 is 0 Å². The molecule has 4 aromatic rings. The third-order valence-electron chi connectivity index (χ3n) is 5.22. The molecular formula is C24H18N2O3S. The van der Waals surface area contributed by atoms with Crippen LogP contribution in [0.5, 0.6) is 0 Å². The second-order valence-electron chi connectivity index (χ2n) is 7.07. The van der Waals surface area contributed by atoms with E-state index >= 15 is 0 Å². The van der Waals surface area contributed by atoms with Crippen molar-refractivity contribution >= 4 is 34.5 Å². The quantitative estimate of drug-likeness (QED) is 0.482. The van der Waals surface area contributed by atoms with Gasteiger partial charge in [-0.25, -0.2) is 0 Å². The number of carbonyl (C=O) groups is 2. The Kier molecular flexibility index (Phi) is 4.69. The van der Waals surface area contributed by atoms with Crippen molar-refractivity contribution < 1.29 is 14.0 Å². The standard InChI is InChI=1S/C24H18N2O3S/c27-23(18-5-3-16(4-6-18)19-10-13-30-15-19)25-20-8-7-17-9-11-26(21(17)14-20)24(28)22-2-1-12-29-22/h1-8,10,12-15H,9,11H2,(H,25,27). The molecule has 1 aliphatic heterocycles. The van der Waals surface area contributed by atoms with E-state index in [0.717, 1.165) is 28.8 Å². The Morgan fingerprint density at radius 2 is 1.87 bits per heavy atom. The van der Waals surface area contributed by atoms with E-state index in [0.29, 0.717) is 23.6 Å². The van der Waals surface area contributed by atoms with Gasteiger partial charge in [-0.05, 0) is 76.3 Å². The van der Waals surface area contributed by atoms with Crippen molar-refractivity contribution in [1.82, 2.24) is 0 Å². The average Bonchev–Trinajstić information content (AvgIpc) is 3.55. The Hall–Kier alpha value is -3.64. The molecule has 0 unspecified atom stereocenters. The fraction of sp³-hybridized carbons (Fsp3) is 0.0833. The third kappa shape index (κ3) is 3.42. The van der Waals surface area contributed by atoms with Crippen molar-refractivity contribution in [3.63, 3.8) is 0 Å². The molecule has 0 aliphatic carbocycles. The first kappa shape index (κ1) is 18.4. The first-order valence-electron chi connectivity index (χ1n) is 9.61. The van der Waals surface area contributed by atoms with E-state index in [9.17, 15) is 9.59 Å². The topological polar surface area (TPSA) is 62.6 Å². The maximum absolute atomic E-state index is 12.7. The maximum Gasteiger partial charge on any atom is 0.293 e. The predicted molar refractivity (Wildman–Crippen MR) is 118 cm³/mol. The Morgan fingerprint density at radius 1 is 1.00 bits per heavy atom. The number of hydrogen-bond donors (Lipinski definition) is 1. The molecule has 1 aliphatic rings. The third-order valence-corrected chi connectivity index (χ3v) is 5.90. The molecule has 0 saturated carbocycles. The van der Waals surface area contributed by atoms with Crippen molar-refractivity contribution in [2.24, 2.45) is 0 Å². The lowest BCUT2D eigenvalue weighted by atomic mass is 10.1. The summed E-state index contributed by atoms with van der Waals surface area (Å²) in [6.07, 6.45) is 2.27. The Bertz CT molecular complexity index is 1200. The fourth-order valence-corrected chi connectivity index (χ4v) is 4.31. The number of amides is 2. The number of thiophene rings is 1. The highest BCUT2D eigenvalue weighted by atomic mass is 32.1. The van der Waals surface area contributed by atoms with E-state index < -0.39 is 0 Å². The smallest absolute Gasteiger partial charge is 0.293 e. The van der Waals surface area contributed by atoms with E-state index in [1.54, 1.807) is 28.4 Å². The van der Waals surface area contributed by atoms with Gasteiger partial charge in [-0.2, -0.15) is 11.3 Å². The molecule has 30 heavy (non-hydrogen) atoms. The van der Waals surface area contributed by atoms with Crippen molar-refractivity contribution in [2.45, 2.75) is 6.42 Å². The van der Waals surface area contributed by atoms with Gasteiger partial charge in [0.25, 0.3) is 11.8 Å². The van der Waals surface area contributed by atoms with Gasteiger partial charge in [-0.1, -0.05) is 18.2 Å². The number of fused-ring (bicyclic) bond motifs is 1. The van der Waals surface area contributed by atoms with Crippen LogP contribution >= 0.6 is 11.3 Å². The van der Waals surface area contributed by atoms with Crippen LogP contribution in [0.2, 0.25) is 0 Å². The summed E-state index contributed by atoms with van der Waals surface area (Å²) in [5.74, 6) is -0.0528. The molecule has 0 spiro atoms. The number of anilines is 2. The van der Waals surface area contributed by atoms with E-state index in [1.165, 1.54) is 6.26 Å². The molecule has 2 amide bonds. The van der Waals surface area contributed by atoms with E-state index in [4.69, 9.17) is 4.42 Å². The van der Waals surface area contributed by atoms with Crippen LogP contribution in [0.4, 0.5) is 11.4 Å². The molecule has 5 nitrogen and oxygen atoms in total. The van der Waals surface area contributed by atoms with Gasteiger partial charge in [-0.3, -0.25) is 9.59 Å². The van der Waals surface area contributed by atoms with Gasteiger partial charge in [0.2, 0.25) is 0 Å². The summed E-state index contributed by atoms with van der Waals surface area (Å²) in [6.45, 7) is 0.594. The second-order valence-corrected chi connectivity index (χ2v) is 7.85. The maximum atomic E-state index is 12.7. The predicted octanol–water partition coefficient (Wildman–Crippen LogP) is 5.46. The zero-order chi connectivity index (χ0) is 20.5. The summed E-state index contributed by atoms with van der Waals surface area (Å²) in [4.78, 5) is 27.1. The summed E-state index contributed by atoms with van der Waals surface area (Å²) in [6, 6.07) is 18.6. The lowest BCUT2D eigenvalue weighted by molar-refractivity contribution is 0.0962. The Balaban J connectivity index is 1.34. The molecule has 1 N–H and O–H groups in total. The van der Waals surface area contributed by atoms with Crippen molar-refractivity contribution in [3.8, 4) is 11.1 Å². The molecule has 6 heteroatoms. The van der Waals surface area contributed by atoms with Gasteiger partial charge in [0.05, 0.1) is 6.26 Å². The highest BCUT2D eigenvalue weighted by Crippen LogP contribution is 2.32. The van der Waals surface area contributed by atoms with E-state index in [2.05, 4.69) is 16.8 Å². The van der Waals surface area contributed by atoms with Crippen molar-refractivity contribution in [1.29, 1.82) is 0 Å². The number of hydrogen-bond acceptors (Lipinski definition) is 4. The van der Waals surface area contributed by atoms with Crippen LogP contribution < -0.4 is 10.2 Å². The Morgan fingerprint density at radius 3 is 2.60 bits per heavy atom. The lowest BCUT2D eigenvalue weighted by Crippen LogP contribution is -2.28. The van der Waals surface area contributed by atoms with Crippen molar-refractivity contribution in [3.05, 3.63) is 94.6 Å². The first-order valence-corrected chi connectivity index (χ1v) is 10.6. The molecule has 2 aromatic heterocycles. The summed E-state index contributed by atoms with van der Waals surface area (Å²) in [5.41, 5.74) is 5.34. The average molecular weight is 414 g/mol. The largest absolute Gasteiger partial charge is 0.459 e. The van der Waals surface area contributed by atoms with Gasteiger partial charge in [-0.15, -0.1) is 0 Å². The molecule has 0 fully saturated rings. The molecule has 3 heterocycles. The van der Waals surface area contributed by atoms with Crippen molar-refractivity contribution in [2.75, 3.05) is 16.8 Å². The van der Waals surface area contributed by atoms with Crippen LogP contribution in [0, 0.1) is 0 Å². The zero-order valence-corrected chi connectivity index (χ0v) is 16.8. The minimum atomic E-state index is -0.186.